The van der Waals surface area contributed by atoms with Gasteiger partial charge in [0.25, 0.3) is 5.91 Å². The van der Waals surface area contributed by atoms with Crippen molar-refractivity contribution in [2.45, 2.75) is 0 Å². The van der Waals surface area contributed by atoms with Crippen LogP contribution < -0.4 is 4.90 Å². The molecule has 0 spiro atoms. The smallest absolute Gasteiger partial charge is 0.293 e. The van der Waals surface area contributed by atoms with Gasteiger partial charge in [-0.15, -0.1) is 5.10 Å². The first-order chi connectivity index (χ1) is 15.7. The minimum atomic E-state index is -0.146. The molecule has 1 aliphatic rings. The number of carbonyl (C=O) groups excluding carboxylic acids is 1. The van der Waals surface area contributed by atoms with Crippen molar-refractivity contribution >= 4 is 23.2 Å². The second-order valence-corrected chi connectivity index (χ2v) is 8.06. The van der Waals surface area contributed by atoms with Gasteiger partial charge in [0.05, 0.1) is 5.69 Å². The average molecular weight is 444 g/mol. The molecule has 3 aromatic carbocycles. The summed E-state index contributed by atoms with van der Waals surface area (Å²) < 4.78 is 1.74. The standard InChI is InChI=1S/C25H22ClN5O/c26-20-11-13-21(14-12-20)29-15-17-30(18-16-29)25(32)23-27-24(19-7-3-1-4-8-19)31(28-23)22-9-5-2-6-10-22/h1-14H,15-18H2. The fourth-order valence-corrected chi connectivity index (χ4v) is 4.01. The highest BCUT2D eigenvalue weighted by molar-refractivity contribution is 6.30. The Bertz CT molecular complexity index is 1140. The van der Waals surface area contributed by atoms with Crippen molar-refractivity contribution in [3.8, 4) is 17.1 Å². The summed E-state index contributed by atoms with van der Waals surface area (Å²) in [5, 5.41) is 5.32. The van der Waals surface area contributed by atoms with E-state index in [-0.39, 0.29) is 11.7 Å². The highest BCUT2D eigenvalue weighted by atomic mass is 35.5. The maximum absolute atomic E-state index is 13.3. The highest BCUT2D eigenvalue weighted by Gasteiger charge is 2.26. The van der Waals surface area contributed by atoms with E-state index < -0.39 is 0 Å². The summed E-state index contributed by atoms with van der Waals surface area (Å²) in [6.45, 7) is 2.72. The predicted molar refractivity (Wildman–Crippen MR) is 126 cm³/mol. The number of amides is 1. The summed E-state index contributed by atoms with van der Waals surface area (Å²) in [5.41, 5.74) is 2.89. The van der Waals surface area contributed by atoms with E-state index in [4.69, 9.17) is 11.6 Å². The number of carbonyl (C=O) groups is 1. The number of hydrogen-bond acceptors (Lipinski definition) is 4. The van der Waals surface area contributed by atoms with Crippen LogP contribution in [0.2, 0.25) is 5.02 Å². The van der Waals surface area contributed by atoms with Gasteiger partial charge in [-0.1, -0.05) is 60.1 Å². The van der Waals surface area contributed by atoms with Crippen molar-refractivity contribution in [2.75, 3.05) is 31.1 Å². The van der Waals surface area contributed by atoms with Crippen LogP contribution in [0.25, 0.3) is 17.1 Å². The van der Waals surface area contributed by atoms with Gasteiger partial charge in [0.2, 0.25) is 5.82 Å². The van der Waals surface area contributed by atoms with Crippen molar-refractivity contribution in [2.24, 2.45) is 0 Å². The van der Waals surface area contributed by atoms with Crippen LogP contribution in [0, 0.1) is 0 Å². The lowest BCUT2D eigenvalue weighted by Crippen LogP contribution is -2.49. The molecule has 0 saturated carbocycles. The molecule has 4 aromatic rings. The third kappa shape index (κ3) is 4.09. The lowest BCUT2D eigenvalue weighted by atomic mass is 10.2. The molecule has 1 aliphatic heterocycles. The Kier molecular flexibility index (Phi) is 5.60. The van der Waals surface area contributed by atoms with E-state index in [0.29, 0.717) is 18.9 Å². The monoisotopic (exact) mass is 443 g/mol. The summed E-state index contributed by atoms with van der Waals surface area (Å²) in [7, 11) is 0. The van der Waals surface area contributed by atoms with Crippen LogP contribution >= 0.6 is 11.6 Å². The maximum Gasteiger partial charge on any atom is 0.293 e. The van der Waals surface area contributed by atoms with Crippen LogP contribution in [0.5, 0.6) is 0 Å². The second-order valence-electron chi connectivity index (χ2n) is 7.63. The average Bonchev–Trinajstić information content (AvgIpc) is 3.31. The zero-order valence-electron chi connectivity index (χ0n) is 17.4. The molecule has 0 radical (unpaired) electrons. The van der Waals surface area contributed by atoms with Crippen LogP contribution in [0.4, 0.5) is 5.69 Å². The van der Waals surface area contributed by atoms with Crippen LogP contribution in [-0.4, -0.2) is 51.8 Å². The normalized spacial score (nSPS) is 13.9. The molecule has 6 nitrogen and oxygen atoms in total. The van der Waals surface area contributed by atoms with E-state index in [0.717, 1.165) is 35.1 Å². The SMILES string of the molecule is O=C(c1nc(-c2ccccc2)n(-c2ccccc2)n1)N1CCN(c2ccc(Cl)cc2)CC1. The van der Waals surface area contributed by atoms with Crippen LogP contribution in [0.15, 0.2) is 84.9 Å². The number of para-hydroxylation sites is 1. The molecule has 0 unspecified atom stereocenters. The maximum atomic E-state index is 13.3. The zero-order valence-corrected chi connectivity index (χ0v) is 18.2. The molecule has 0 N–H and O–H groups in total. The topological polar surface area (TPSA) is 54.3 Å². The molecule has 1 saturated heterocycles. The lowest BCUT2D eigenvalue weighted by molar-refractivity contribution is 0.0734. The Balaban J connectivity index is 1.38. The largest absolute Gasteiger partial charge is 0.368 e. The Morgan fingerprint density at radius 3 is 2.03 bits per heavy atom. The Morgan fingerprint density at radius 2 is 1.38 bits per heavy atom. The summed E-state index contributed by atoms with van der Waals surface area (Å²) >= 11 is 6.00. The molecule has 160 valence electrons. The summed E-state index contributed by atoms with van der Waals surface area (Å²) in [6, 6.07) is 27.4. The minimum absolute atomic E-state index is 0.146. The third-order valence-electron chi connectivity index (χ3n) is 5.59. The minimum Gasteiger partial charge on any atom is -0.368 e. The number of anilines is 1. The number of nitrogens with zero attached hydrogens (tertiary/aromatic N) is 5. The van der Waals surface area contributed by atoms with Crippen LogP contribution in [0.3, 0.4) is 0 Å². The van der Waals surface area contributed by atoms with Crippen LogP contribution in [-0.2, 0) is 0 Å². The molecule has 1 aromatic heterocycles. The van der Waals surface area contributed by atoms with Gasteiger partial charge < -0.3 is 9.80 Å². The van der Waals surface area contributed by atoms with Gasteiger partial charge in [0.15, 0.2) is 5.82 Å². The predicted octanol–water partition coefficient (Wildman–Crippen LogP) is 4.55. The molecule has 1 fully saturated rings. The highest BCUT2D eigenvalue weighted by Crippen LogP contribution is 2.23. The van der Waals surface area contributed by atoms with E-state index in [1.165, 1.54) is 0 Å². The summed E-state index contributed by atoms with van der Waals surface area (Å²) in [6.07, 6.45) is 0. The fourth-order valence-electron chi connectivity index (χ4n) is 3.89. The van der Waals surface area contributed by atoms with Gasteiger partial charge in [0.1, 0.15) is 0 Å². The molecule has 0 atom stereocenters. The van der Waals surface area contributed by atoms with Crippen molar-refractivity contribution in [3.05, 3.63) is 95.8 Å². The summed E-state index contributed by atoms with van der Waals surface area (Å²) in [5.74, 6) is 0.722. The molecule has 1 amide bonds. The van der Waals surface area contributed by atoms with Gasteiger partial charge >= 0.3 is 0 Å². The van der Waals surface area contributed by atoms with Gasteiger partial charge in [-0.2, -0.15) is 0 Å². The van der Waals surface area contributed by atoms with Gasteiger partial charge in [-0.05, 0) is 36.4 Å². The number of hydrogen-bond donors (Lipinski definition) is 0. The fraction of sp³-hybridized carbons (Fsp3) is 0.160. The van der Waals surface area contributed by atoms with Gasteiger partial charge in [0, 0.05) is 42.5 Å². The van der Waals surface area contributed by atoms with Crippen molar-refractivity contribution in [3.63, 3.8) is 0 Å². The number of benzene rings is 3. The zero-order chi connectivity index (χ0) is 21.9. The molecule has 0 aliphatic carbocycles. The molecule has 32 heavy (non-hydrogen) atoms. The molecular weight excluding hydrogens is 422 g/mol. The van der Waals surface area contributed by atoms with Gasteiger partial charge in [-0.25, -0.2) is 9.67 Å². The summed E-state index contributed by atoms with van der Waals surface area (Å²) in [4.78, 5) is 22.0. The van der Waals surface area contributed by atoms with E-state index in [9.17, 15) is 4.79 Å². The van der Waals surface area contributed by atoms with Crippen molar-refractivity contribution < 1.29 is 4.79 Å². The number of rotatable bonds is 4. The van der Waals surface area contributed by atoms with E-state index in [2.05, 4.69) is 15.0 Å². The van der Waals surface area contributed by atoms with E-state index >= 15 is 0 Å². The van der Waals surface area contributed by atoms with E-state index in [1.807, 2.05) is 89.8 Å². The first-order valence-electron chi connectivity index (χ1n) is 10.6. The van der Waals surface area contributed by atoms with E-state index in [1.54, 1.807) is 4.68 Å². The molecule has 7 heteroatoms. The molecule has 5 rings (SSSR count). The van der Waals surface area contributed by atoms with Crippen molar-refractivity contribution in [1.29, 1.82) is 0 Å². The Hall–Kier alpha value is -3.64. The first kappa shape index (κ1) is 20.3. The third-order valence-corrected chi connectivity index (χ3v) is 5.84. The number of aromatic nitrogens is 3. The molecule has 2 heterocycles. The molecular formula is C25H22ClN5O. The van der Waals surface area contributed by atoms with Gasteiger partial charge in [-0.3, -0.25) is 4.79 Å². The number of piperazine rings is 1. The second kappa shape index (κ2) is 8.85. The lowest BCUT2D eigenvalue weighted by Gasteiger charge is -2.35. The molecule has 0 bridgehead atoms. The van der Waals surface area contributed by atoms with Crippen LogP contribution in [0.1, 0.15) is 10.6 Å². The Labute approximate surface area is 191 Å². The Morgan fingerprint density at radius 1 is 0.750 bits per heavy atom. The first-order valence-corrected chi connectivity index (χ1v) is 10.9. The van der Waals surface area contributed by atoms with Crippen molar-refractivity contribution in [1.82, 2.24) is 19.7 Å². The number of halogens is 1. The quantitative estimate of drug-likeness (QED) is 0.464.